The average Bonchev–Trinajstić information content (AvgIpc) is 2.33. The highest BCUT2D eigenvalue weighted by atomic mass is 79.9. The van der Waals surface area contributed by atoms with Crippen molar-refractivity contribution in [2.24, 2.45) is 0 Å². The molecule has 0 saturated carbocycles. The second-order valence-electron chi connectivity index (χ2n) is 4.09. The Bertz CT molecular complexity index is 383. The van der Waals surface area contributed by atoms with E-state index in [2.05, 4.69) is 21.2 Å². The smallest absolute Gasteiger partial charge is 0.223 e. The molecule has 0 fully saturated rings. The van der Waals surface area contributed by atoms with Crippen LogP contribution in [0.25, 0.3) is 0 Å². The summed E-state index contributed by atoms with van der Waals surface area (Å²) in [5.41, 5.74) is 0. The van der Waals surface area contributed by atoms with Crippen LogP contribution in [0.4, 0.5) is 0 Å². The minimum atomic E-state index is 0.135. The third-order valence-electron chi connectivity index (χ3n) is 2.36. The molecule has 0 aliphatic heterocycles. The summed E-state index contributed by atoms with van der Waals surface area (Å²) in [7, 11) is 3.53. The Labute approximate surface area is 116 Å². The summed E-state index contributed by atoms with van der Waals surface area (Å²) < 4.78 is 6.56. The van der Waals surface area contributed by atoms with Gasteiger partial charge in [-0.3, -0.25) is 4.79 Å². The molecular weight excluding hydrogens is 296 g/mol. The molecule has 0 bridgehead atoms. The number of carbonyl (C=O) groups excluding carboxylic acids is 1. The van der Waals surface area contributed by atoms with Gasteiger partial charge >= 0.3 is 0 Å². The van der Waals surface area contributed by atoms with E-state index in [1.165, 1.54) is 0 Å². The molecule has 1 N–H and O–H groups in total. The highest BCUT2D eigenvalue weighted by Gasteiger charge is 2.02. The van der Waals surface area contributed by atoms with Gasteiger partial charge < -0.3 is 15.0 Å². The number of hydrogen-bond acceptors (Lipinski definition) is 3. The quantitative estimate of drug-likeness (QED) is 0.782. The maximum absolute atomic E-state index is 11.3. The van der Waals surface area contributed by atoms with Crippen molar-refractivity contribution >= 4 is 21.8 Å². The summed E-state index contributed by atoms with van der Waals surface area (Å²) in [6, 6.07) is 7.73. The van der Waals surface area contributed by atoms with Gasteiger partial charge in [-0.1, -0.05) is 22.0 Å². The molecule has 0 spiro atoms. The lowest BCUT2D eigenvalue weighted by atomic mass is 10.3. The molecule has 100 valence electrons. The van der Waals surface area contributed by atoms with E-state index in [0.717, 1.165) is 16.8 Å². The molecule has 0 aromatic heterocycles. The first-order valence-electron chi connectivity index (χ1n) is 5.89. The van der Waals surface area contributed by atoms with Crippen LogP contribution in [0.5, 0.6) is 5.75 Å². The molecule has 1 aromatic rings. The van der Waals surface area contributed by atoms with E-state index in [1.807, 2.05) is 24.3 Å². The molecule has 1 rings (SSSR count). The summed E-state index contributed by atoms with van der Waals surface area (Å²) in [5, 5.41) is 3.17. The Morgan fingerprint density at radius 2 is 2.17 bits per heavy atom. The van der Waals surface area contributed by atoms with Crippen LogP contribution in [0.3, 0.4) is 0 Å². The van der Waals surface area contributed by atoms with Gasteiger partial charge in [-0.2, -0.15) is 0 Å². The van der Waals surface area contributed by atoms with E-state index in [9.17, 15) is 4.79 Å². The van der Waals surface area contributed by atoms with Crippen LogP contribution < -0.4 is 10.1 Å². The third kappa shape index (κ3) is 6.02. The normalized spacial score (nSPS) is 10.2. The standard InChI is InChI=1S/C13H19BrN2O2/c1-16(2)13(17)6-7-15-8-9-18-12-5-3-4-11(14)10-12/h3-5,10,15H,6-9H2,1-2H3. The van der Waals surface area contributed by atoms with Crippen LogP contribution in [-0.4, -0.2) is 44.6 Å². The first-order chi connectivity index (χ1) is 8.59. The minimum absolute atomic E-state index is 0.135. The zero-order valence-electron chi connectivity index (χ0n) is 10.8. The van der Waals surface area contributed by atoms with Gasteiger partial charge in [-0.05, 0) is 18.2 Å². The predicted octanol–water partition coefficient (Wildman–Crippen LogP) is 1.90. The van der Waals surface area contributed by atoms with Gasteiger partial charge in [0.1, 0.15) is 12.4 Å². The van der Waals surface area contributed by atoms with Crippen molar-refractivity contribution < 1.29 is 9.53 Å². The van der Waals surface area contributed by atoms with Crippen LogP contribution in [0.15, 0.2) is 28.7 Å². The van der Waals surface area contributed by atoms with Crippen molar-refractivity contribution in [2.75, 3.05) is 33.8 Å². The summed E-state index contributed by atoms with van der Waals surface area (Å²) in [6.07, 6.45) is 0.518. The van der Waals surface area contributed by atoms with Crippen molar-refractivity contribution in [3.8, 4) is 5.75 Å². The van der Waals surface area contributed by atoms with Crippen molar-refractivity contribution in [1.82, 2.24) is 10.2 Å². The molecule has 0 heterocycles. The van der Waals surface area contributed by atoms with Gasteiger partial charge in [-0.15, -0.1) is 0 Å². The number of amides is 1. The lowest BCUT2D eigenvalue weighted by Crippen LogP contribution is -2.28. The van der Waals surface area contributed by atoms with E-state index in [1.54, 1.807) is 19.0 Å². The van der Waals surface area contributed by atoms with Gasteiger partial charge in [0.05, 0.1) is 0 Å². The average molecular weight is 315 g/mol. The molecule has 1 amide bonds. The Morgan fingerprint density at radius 3 is 2.83 bits per heavy atom. The number of nitrogens with zero attached hydrogens (tertiary/aromatic N) is 1. The fourth-order valence-electron chi connectivity index (χ4n) is 1.34. The van der Waals surface area contributed by atoms with Crippen LogP contribution in [0, 0.1) is 0 Å². The molecule has 0 saturated heterocycles. The molecule has 0 atom stereocenters. The Morgan fingerprint density at radius 1 is 1.39 bits per heavy atom. The molecule has 0 radical (unpaired) electrons. The molecule has 18 heavy (non-hydrogen) atoms. The number of hydrogen-bond donors (Lipinski definition) is 1. The van der Waals surface area contributed by atoms with E-state index in [-0.39, 0.29) is 5.91 Å². The highest BCUT2D eigenvalue weighted by molar-refractivity contribution is 9.10. The second-order valence-corrected chi connectivity index (χ2v) is 5.01. The monoisotopic (exact) mass is 314 g/mol. The zero-order chi connectivity index (χ0) is 13.4. The third-order valence-corrected chi connectivity index (χ3v) is 2.85. The largest absolute Gasteiger partial charge is 0.492 e. The van der Waals surface area contributed by atoms with Gasteiger partial charge in [0, 0.05) is 38.1 Å². The molecule has 1 aromatic carbocycles. The van der Waals surface area contributed by atoms with Crippen LogP contribution in [0.2, 0.25) is 0 Å². The van der Waals surface area contributed by atoms with E-state index >= 15 is 0 Å². The van der Waals surface area contributed by atoms with Crippen LogP contribution >= 0.6 is 15.9 Å². The van der Waals surface area contributed by atoms with Crippen LogP contribution in [-0.2, 0) is 4.79 Å². The van der Waals surface area contributed by atoms with Crippen molar-refractivity contribution in [3.05, 3.63) is 28.7 Å². The zero-order valence-corrected chi connectivity index (χ0v) is 12.4. The summed E-state index contributed by atoms with van der Waals surface area (Å²) >= 11 is 3.39. The van der Waals surface area contributed by atoms with Crippen molar-refractivity contribution in [3.63, 3.8) is 0 Å². The topological polar surface area (TPSA) is 41.6 Å². The first kappa shape index (κ1) is 15.0. The molecule has 0 aliphatic rings. The van der Waals surface area contributed by atoms with Crippen LogP contribution in [0.1, 0.15) is 6.42 Å². The second kappa shape index (κ2) is 8.11. The maximum Gasteiger partial charge on any atom is 0.223 e. The number of nitrogens with one attached hydrogen (secondary N) is 1. The Kier molecular flexibility index (Phi) is 6.75. The molecule has 5 heteroatoms. The Hall–Kier alpha value is -1.07. The van der Waals surface area contributed by atoms with E-state index in [4.69, 9.17) is 4.74 Å². The molecule has 0 unspecified atom stereocenters. The van der Waals surface area contributed by atoms with E-state index < -0.39 is 0 Å². The number of halogens is 1. The lowest BCUT2D eigenvalue weighted by Gasteiger charge is -2.11. The number of ether oxygens (including phenoxy) is 1. The highest BCUT2D eigenvalue weighted by Crippen LogP contribution is 2.17. The van der Waals surface area contributed by atoms with Gasteiger partial charge in [0.25, 0.3) is 0 Å². The minimum Gasteiger partial charge on any atom is -0.492 e. The van der Waals surface area contributed by atoms with Crippen molar-refractivity contribution in [2.45, 2.75) is 6.42 Å². The summed E-state index contributed by atoms with van der Waals surface area (Å²) in [4.78, 5) is 12.9. The molecule has 4 nitrogen and oxygen atoms in total. The maximum atomic E-state index is 11.3. The predicted molar refractivity (Wildman–Crippen MR) is 75.8 cm³/mol. The van der Waals surface area contributed by atoms with Gasteiger partial charge in [0.15, 0.2) is 0 Å². The Balaban J connectivity index is 2.07. The number of carbonyl (C=O) groups is 1. The SMILES string of the molecule is CN(C)C(=O)CCNCCOc1cccc(Br)c1. The van der Waals surface area contributed by atoms with Gasteiger partial charge in [0.2, 0.25) is 5.91 Å². The lowest BCUT2D eigenvalue weighted by molar-refractivity contribution is -0.128. The summed E-state index contributed by atoms with van der Waals surface area (Å²) in [5.74, 6) is 0.978. The number of benzene rings is 1. The van der Waals surface area contributed by atoms with Gasteiger partial charge in [-0.25, -0.2) is 0 Å². The molecular formula is C13H19BrN2O2. The first-order valence-corrected chi connectivity index (χ1v) is 6.68. The van der Waals surface area contributed by atoms with Crippen molar-refractivity contribution in [1.29, 1.82) is 0 Å². The number of rotatable bonds is 7. The summed E-state index contributed by atoms with van der Waals surface area (Å²) in [6.45, 7) is 2.00. The fourth-order valence-corrected chi connectivity index (χ4v) is 1.72. The van der Waals surface area contributed by atoms with E-state index in [0.29, 0.717) is 19.6 Å². The fraction of sp³-hybridized carbons (Fsp3) is 0.462. The molecule has 0 aliphatic carbocycles.